The molecule has 0 aliphatic heterocycles. The molecule has 4 unspecified atom stereocenters. The van der Waals surface area contributed by atoms with E-state index in [9.17, 15) is 4.79 Å². The average molecular weight is 244 g/mol. The molecule has 3 fully saturated rings. The average Bonchev–Trinajstić information content (AvgIpc) is 2.60. The minimum atomic E-state index is 0.166. The van der Waals surface area contributed by atoms with E-state index in [1.54, 1.807) is 0 Å². The molecule has 3 heteroatoms. The molecular weight excluding hydrogens is 230 g/mol. The molecule has 0 aromatic rings. The fourth-order valence-electron chi connectivity index (χ4n) is 3.74. The van der Waals surface area contributed by atoms with Gasteiger partial charge in [-0.15, -0.1) is 0 Å². The minimum Gasteiger partial charge on any atom is -0.352 e. The number of halogens is 1. The fourth-order valence-corrected chi connectivity index (χ4v) is 3.90. The molecule has 4 atom stereocenters. The van der Waals surface area contributed by atoms with E-state index in [1.165, 1.54) is 19.3 Å². The Balaban J connectivity index is 1.64. The SMILES string of the molecule is O=C(CBr)NC1C2C3CCC(C3)C12. The van der Waals surface area contributed by atoms with Crippen LogP contribution in [0.3, 0.4) is 0 Å². The standard InChI is InChI=1S/C10H14BrNO/c11-4-7(13)12-10-8-5-1-2-6(3-5)9(8)10/h5-6,8-10H,1-4H2,(H,12,13). The van der Waals surface area contributed by atoms with Crippen molar-refractivity contribution in [2.24, 2.45) is 23.7 Å². The Kier molecular flexibility index (Phi) is 1.73. The first kappa shape index (κ1) is 8.27. The smallest absolute Gasteiger partial charge is 0.230 e. The molecule has 1 amide bonds. The maximum Gasteiger partial charge on any atom is 0.230 e. The summed E-state index contributed by atoms with van der Waals surface area (Å²) in [6.07, 6.45) is 4.30. The topological polar surface area (TPSA) is 29.1 Å². The third-order valence-corrected chi connectivity index (χ3v) is 4.69. The molecule has 3 rings (SSSR count). The number of hydrogen-bond acceptors (Lipinski definition) is 1. The second-order valence-corrected chi connectivity index (χ2v) is 5.28. The van der Waals surface area contributed by atoms with Gasteiger partial charge < -0.3 is 5.32 Å². The zero-order valence-electron chi connectivity index (χ0n) is 7.50. The summed E-state index contributed by atoms with van der Waals surface area (Å²) in [4.78, 5) is 11.2. The lowest BCUT2D eigenvalue weighted by Gasteiger charge is -2.09. The van der Waals surface area contributed by atoms with Gasteiger partial charge in [0, 0.05) is 6.04 Å². The number of fused-ring (bicyclic) bond motifs is 5. The molecule has 3 aliphatic carbocycles. The second kappa shape index (κ2) is 2.72. The molecule has 1 N–H and O–H groups in total. The van der Waals surface area contributed by atoms with Crippen LogP contribution in [0.4, 0.5) is 0 Å². The van der Waals surface area contributed by atoms with E-state index >= 15 is 0 Å². The van der Waals surface area contributed by atoms with Crippen LogP contribution in [0.2, 0.25) is 0 Å². The summed E-state index contributed by atoms with van der Waals surface area (Å²) in [7, 11) is 0. The molecule has 3 aliphatic rings. The number of rotatable bonds is 2. The van der Waals surface area contributed by atoms with Crippen molar-refractivity contribution in [2.75, 3.05) is 5.33 Å². The van der Waals surface area contributed by atoms with E-state index in [-0.39, 0.29) is 5.91 Å². The van der Waals surface area contributed by atoms with Crippen molar-refractivity contribution in [3.05, 3.63) is 0 Å². The summed E-state index contributed by atoms with van der Waals surface area (Å²) in [5, 5.41) is 3.58. The Morgan fingerprint density at radius 3 is 2.46 bits per heavy atom. The van der Waals surface area contributed by atoms with Crippen LogP contribution in [0.15, 0.2) is 0 Å². The molecule has 2 nitrogen and oxygen atoms in total. The fraction of sp³-hybridized carbons (Fsp3) is 0.900. The van der Waals surface area contributed by atoms with Crippen molar-refractivity contribution in [2.45, 2.75) is 25.3 Å². The Bertz CT molecular complexity index is 239. The second-order valence-electron chi connectivity index (χ2n) is 4.71. The van der Waals surface area contributed by atoms with Crippen LogP contribution >= 0.6 is 15.9 Å². The van der Waals surface area contributed by atoms with Crippen molar-refractivity contribution >= 4 is 21.8 Å². The monoisotopic (exact) mass is 243 g/mol. The highest BCUT2D eigenvalue weighted by Crippen LogP contribution is 2.65. The van der Waals surface area contributed by atoms with Gasteiger partial charge in [0.25, 0.3) is 0 Å². The van der Waals surface area contributed by atoms with Crippen molar-refractivity contribution in [1.82, 2.24) is 5.32 Å². The number of amides is 1. The molecule has 0 spiro atoms. The molecule has 72 valence electrons. The molecule has 0 aromatic heterocycles. The van der Waals surface area contributed by atoms with Gasteiger partial charge in [0.05, 0.1) is 5.33 Å². The van der Waals surface area contributed by atoms with Crippen molar-refractivity contribution in [3.63, 3.8) is 0 Å². The summed E-state index contributed by atoms with van der Waals surface area (Å²) in [6.45, 7) is 0. The van der Waals surface area contributed by atoms with E-state index in [0.29, 0.717) is 11.4 Å². The van der Waals surface area contributed by atoms with Crippen LogP contribution in [0.5, 0.6) is 0 Å². The number of carbonyl (C=O) groups excluding carboxylic acids is 1. The van der Waals surface area contributed by atoms with Crippen molar-refractivity contribution < 1.29 is 4.79 Å². The molecule has 0 saturated heterocycles. The Morgan fingerprint density at radius 1 is 1.31 bits per heavy atom. The van der Waals surface area contributed by atoms with E-state index < -0.39 is 0 Å². The third kappa shape index (κ3) is 1.09. The summed E-state index contributed by atoms with van der Waals surface area (Å²) in [6, 6.07) is 0.552. The predicted octanol–water partition coefficient (Wildman–Crippen LogP) is 1.54. The van der Waals surface area contributed by atoms with Gasteiger partial charge >= 0.3 is 0 Å². The molecule has 13 heavy (non-hydrogen) atoms. The Labute approximate surface area is 86.6 Å². The first-order valence-corrected chi connectivity index (χ1v) is 6.28. The summed E-state index contributed by atoms with van der Waals surface area (Å²) >= 11 is 3.18. The molecule has 2 bridgehead atoms. The van der Waals surface area contributed by atoms with E-state index in [2.05, 4.69) is 21.2 Å². The van der Waals surface area contributed by atoms with Gasteiger partial charge in [-0.2, -0.15) is 0 Å². The maximum atomic E-state index is 11.2. The van der Waals surface area contributed by atoms with E-state index in [4.69, 9.17) is 0 Å². The Hall–Kier alpha value is -0.0500. The highest BCUT2D eigenvalue weighted by Gasteiger charge is 2.65. The van der Waals surface area contributed by atoms with Crippen LogP contribution in [0, 0.1) is 23.7 Å². The summed E-state index contributed by atoms with van der Waals surface area (Å²) in [5.74, 6) is 3.80. The van der Waals surface area contributed by atoms with Gasteiger partial charge in [0.2, 0.25) is 5.91 Å². The zero-order chi connectivity index (χ0) is 9.00. The lowest BCUT2D eigenvalue weighted by Crippen LogP contribution is -2.30. The van der Waals surface area contributed by atoms with Crippen molar-refractivity contribution in [1.29, 1.82) is 0 Å². The minimum absolute atomic E-state index is 0.166. The van der Waals surface area contributed by atoms with Crippen LogP contribution in [0.1, 0.15) is 19.3 Å². The van der Waals surface area contributed by atoms with Gasteiger partial charge in [-0.1, -0.05) is 15.9 Å². The lowest BCUT2D eigenvalue weighted by molar-refractivity contribution is -0.118. The first-order valence-electron chi connectivity index (χ1n) is 5.16. The van der Waals surface area contributed by atoms with Gasteiger partial charge in [-0.25, -0.2) is 0 Å². The summed E-state index contributed by atoms with van der Waals surface area (Å²) < 4.78 is 0. The van der Waals surface area contributed by atoms with E-state index in [0.717, 1.165) is 23.7 Å². The molecule has 0 aromatic carbocycles. The summed E-state index contributed by atoms with van der Waals surface area (Å²) in [5.41, 5.74) is 0. The van der Waals surface area contributed by atoms with Gasteiger partial charge in [0.15, 0.2) is 0 Å². The number of alkyl halides is 1. The molecule has 0 heterocycles. The van der Waals surface area contributed by atoms with Crippen molar-refractivity contribution in [3.8, 4) is 0 Å². The molecule has 0 radical (unpaired) electrons. The van der Waals surface area contributed by atoms with E-state index in [1.807, 2.05) is 0 Å². The lowest BCUT2D eigenvalue weighted by atomic mass is 10.0. The van der Waals surface area contributed by atoms with Crippen LogP contribution in [0.25, 0.3) is 0 Å². The number of nitrogens with one attached hydrogen (secondary N) is 1. The molecule has 3 saturated carbocycles. The maximum absolute atomic E-state index is 11.2. The molecular formula is C10H14BrNO. The normalized spacial score (nSPS) is 50.4. The zero-order valence-corrected chi connectivity index (χ0v) is 9.09. The van der Waals surface area contributed by atoms with Crippen LogP contribution in [-0.4, -0.2) is 17.3 Å². The quantitative estimate of drug-likeness (QED) is 0.733. The number of hydrogen-bond donors (Lipinski definition) is 1. The largest absolute Gasteiger partial charge is 0.352 e. The van der Waals surface area contributed by atoms with Gasteiger partial charge in [-0.05, 0) is 42.9 Å². The van der Waals surface area contributed by atoms with Crippen LogP contribution < -0.4 is 5.32 Å². The number of carbonyl (C=O) groups is 1. The first-order chi connectivity index (χ1) is 6.31. The highest BCUT2D eigenvalue weighted by molar-refractivity contribution is 9.09. The van der Waals surface area contributed by atoms with Gasteiger partial charge in [0.1, 0.15) is 0 Å². The van der Waals surface area contributed by atoms with Crippen LogP contribution in [-0.2, 0) is 4.79 Å². The highest BCUT2D eigenvalue weighted by atomic mass is 79.9. The third-order valence-electron chi connectivity index (χ3n) is 4.18. The Morgan fingerprint density at radius 2 is 1.92 bits per heavy atom. The van der Waals surface area contributed by atoms with Gasteiger partial charge in [-0.3, -0.25) is 4.79 Å². The predicted molar refractivity (Wildman–Crippen MR) is 53.5 cm³/mol.